The van der Waals surface area contributed by atoms with Crippen molar-refractivity contribution in [3.8, 4) is 0 Å². The molecule has 1 aromatic rings. The highest BCUT2D eigenvalue weighted by Gasteiger charge is 2.38. The predicted molar refractivity (Wildman–Crippen MR) is 60.8 cm³/mol. The highest BCUT2D eigenvalue weighted by molar-refractivity contribution is 6.30. The van der Waals surface area contributed by atoms with Gasteiger partial charge in [-0.05, 0) is 17.7 Å². The van der Waals surface area contributed by atoms with Crippen LogP contribution in [0.3, 0.4) is 0 Å². The van der Waals surface area contributed by atoms with Gasteiger partial charge in [-0.25, -0.2) is 4.79 Å². The summed E-state index contributed by atoms with van der Waals surface area (Å²) >= 11 is 5.85. The zero-order valence-electron chi connectivity index (χ0n) is 9.17. The summed E-state index contributed by atoms with van der Waals surface area (Å²) in [6.45, 7) is 2.20. The smallest absolute Gasteiger partial charge is 0.475 e. The van der Waals surface area contributed by atoms with E-state index in [0.29, 0.717) is 5.92 Å². The van der Waals surface area contributed by atoms with Gasteiger partial charge in [0.25, 0.3) is 0 Å². The molecule has 2 N–H and O–H groups in total. The van der Waals surface area contributed by atoms with E-state index < -0.39 is 12.1 Å². The number of halogens is 4. The average molecular weight is 282 g/mol. The third-order valence-electron chi connectivity index (χ3n) is 2.34. The summed E-state index contributed by atoms with van der Waals surface area (Å²) in [5.41, 5.74) is 1.36. The van der Waals surface area contributed by atoms with Crippen LogP contribution in [0, 0.1) is 0 Å². The van der Waals surface area contributed by atoms with E-state index in [1.165, 1.54) is 5.56 Å². The summed E-state index contributed by atoms with van der Waals surface area (Å²) in [5.74, 6) is -2.07. The molecule has 1 saturated heterocycles. The quantitative estimate of drug-likeness (QED) is 0.832. The van der Waals surface area contributed by atoms with Gasteiger partial charge in [0.2, 0.25) is 0 Å². The molecular weight excluding hydrogens is 271 g/mol. The lowest BCUT2D eigenvalue weighted by Gasteiger charge is -2.27. The van der Waals surface area contributed by atoms with Gasteiger partial charge in [-0.2, -0.15) is 13.2 Å². The maximum atomic E-state index is 10.6. The monoisotopic (exact) mass is 281 g/mol. The maximum absolute atomic E-state index is 10.6. The van der Waals surface area contributed by atoms with Crippen LogP contribution >= 0.6 is 11.6 Å². The normalized spacial score (nSPS) is 15.3. The number of alkyl halides is 3. The Hall–Kier alpha value is -1.27. The number of carboxylic acids is 1. The van der Waals surface area contributed by atoms with Gasteiger partial charge in [0.1, 0.15) is 0 Å². The number of nitrogens with one attached hydrogen (secondary N) is 1. The molecule has 2 rings (SSSR count). The lowest BCUT2D eigenvalue weighted by molar-refractivity contribution is -0.192. The Bertz CT molecular complexity index is 419. The van der Waals surface area contributed by atoms with Crippen molar-refractivity contribution in [1.29, 1.82) is 0 Å². The Morgan fingerprint density at radius 1 is 1.39 bits per heavy atom. The van der Waals surface area contributed by atoms with Crippen molar-refractivity contribution in [3.63, 3.8) is 0 Å². The second-order valence-electron chi connectivity index (χ2n) is 3.71. The fourth-order valence-corrected chi connectivity index (χ4v) is 1.48. The second kappa shape index (κ2) is 6.06. The fourth-order valence-electron chi connectivity index (χ4n) is 1.28. The first-order valence-corrected chi connectivity index (χ1v) is 5.45. The third-order valence-corrected chi connectivity index (χ3v) is 2.58. The van der Waals surface area contributed by atoms with Crippen molar-refractivity contribution in [1.82, 2.24) is 5.32 Å². The van der Waals surface area contributed by atoms with Gasteiger partial charge in [-0.3, -0.25) is 0 Å². The number of rotatable bonds is 1. The lowest BCUT2D eigenvalue weighted by atomic mass is 9.94. The van der Waals surface area contributed by atoms with Crippen molar-refractivity contribution in [3.05, 3.63) is 34.9 Å². The van der Waals surface area contributed by atoms with Crippen LogP contribution in [-0.4, -0.2) is 30.3 Å². The molecule has 1 fully saturated rings. The molecule has 1 heterocycles. The molecule has 18 heavy (non-hydrogen) atoms. The minimum atomic E-state index is -5.08. The van der Waals surface area contributed by atoms with Crippen LogP contribution in [0.1, 0.15) is 11.5 Å². The minimum absolute atomic E-state index is 0.689. The largest absolute Gasteiger partial charge is 0.490 e. The van der Waals surface area contributed by atoms with E-state index in [4.69, 9.17) is 21.5 Å². The number of hydrogen-bond donors (Lipinski definition) is 2. The number of aliphatic carboxylic acids is 1. The van der Waals surface area contributed by atoms with E-state index in [1.54, 1.807) is 0 Å². The standard InChI is InChI=1S/C9H10ClN.C2HF3O2/c10-9-3-1-2-7(4-9)8-5-11-6-8;3-2(4,5)1(6)7/h1-4,8,11H,5-6H2;(H,6,7). The number of carboxylic acid groups (broad SMARTS) is 1. The maximum Gasteiger partial charge on any atom is 0.490 e. The Morgan fingerprint density at radius 3 is 2.28 bits per heavy atom. The first-order valence-electron chi connectivity index (χ1n) is 5.07. The van der Waals surface area contributed by atoms with E-state index in [-0.39, 0.29) is 0 Å². The molecule has 0 atom stereocenters. The van der Waals surface area contributed by atoms with Gasteiger partial charge in [-0.1, -0.05) is 23.7 Å². The van der Waals surface area contributed by atoms with Gasteiger partial charge in [0, 0.05) is 24.0 Å². The van der Waals surface area contributed by atoms with Crippen molar-refractivity contribution in [2.24, 2.45) is 0 Å². The molecule has 1 aliphatic rings. The molecule has 1 aliphatic heterocycles. The van der Waals surface area contributed by atoms with Crippen LogP contribution in [0.5, 0.6) is 0 Å². The van der Waals surface area contributed by atoms with E-state index in [2.05, 4.69) is 11.4 Å². The summed E-state index contributed by atoms with van der Waals surface area (Å²) in [5, 5.41) is 11.2. The van der Waals surface area contributed by atoms with Crippen LogP contribution in [0.15, 0.2) is 24.3 Å². The minimum Gasteiger partial charge on any atom is -0.475 e. The van der Waals surface area contributed by atoms with Crippen LogP contribution < -0.4 is 5.32 Å². The molecule has 0 bridgehead atoms. The van der Waals surface area contributed by atoms with E-state index in [0.717, 1.165) is 18.1 Å². The molecule has 7 heteroatoms. The number of hydrogen-bond acceptors (Lipinski definition) is 2. The van der Waals surface area contributed by atoms with Crippen molar-refractivity contribution >= 4 is 17.6 Å². The van der Waals surface area contributed by atoms with Gasteiger partial charge in [0.05, 0.1) is 0 Å². The average Bonchev–Trinajstić information content (AvgIpc) is 2.14. The van der Waals surface area contributed by atoms with Gasteiger partial charge < -0.3 is 10.4 Å². The molecule has 3 nitrogen and oxygen atoms in total. The first-order chi connectivity index (χ1) is 8.30. The molecule has 0 spiro atoms. The molecule has 1 aromatic carbocycles. The fraction of sp³-hybridized carbons (Fsp3) is 0.364. The van der Waals surface area contributed by atoms with Gasteiger partial charge >= 0.3 is 12.1 Å². The van der Waals surface area contributed by atoms with E-state index in [1.807, 2.05) is 18.2 Å². The van der Waals surface area contributed by atoms with E-state index >= 15 is 0 Å². The number of benzene rings is 1. The SMILES string of the molecule is Clc1cccc(C2CNC2)c1.O=C(O)C(F)(F)F. The predicted octanol–water partition coefficient (Wildman–Crippen LogP) is 2.66. The lowest BCUT2D eigenvalue weighted by Crippen LogP contribution is -2.39. The Kier molecular flexibility index (Phi) is 4.98. The molecule has 0 aromatic heterocycles. The molecule has 0 saturated carbocycles. The molecular formula is C11H11ClF3NO2. The summed E-state index contributed by atoms with van der Waals surface area (Å²) in [7, 11) is 0. The Labute approximate surface area is 107 Å². The summed E-state index contributed by atoms with van der Waals surface area (Å²) in [6.07, 6.45) is -5.08. The highest BCUT2D eigenvalue weighted by atomic mass is 35.5. The van der Waals surface area contributed by atoms with Crippen LogP contribution in [0.4, 0.5) is 13.2 Å². The zero-order valence-corrected chi connectivity index (χ0v) is 9.92. The molecule has 0 radical (unpaired) electrons. The van der Waals surface area contributed by atoms with Crippen LogP contribution in [-0.2, 0) is 4.79 Å². The van der Waals surface area contributed by atoms with Crippen LogP contribution in [0.25, 0.3) is 0 Å². The molecule has 0 amide bonds. The summed E-state index contributed by atoms with van der Waals surface area (Å²) in [6, 6.07) is 8.11. The Morgan fingerprint density at radius 2 is 1.94 bits per heavy atom. The van der Waals surface area contributed by atoms with E-state index in [9.17, 15) is 13.2 Å². The van der Waals surface area contributed by atoms with Gasteiger partial charge in [-0.15, -0.1) is 0 Å². The topological polar surface area (TPSA) is 49.3 Å². The molecule has 0 unspecified atom stereocenters. The third kappa shape index (κ3) is 4.54. The van der Waals surface area contributed by atoms with Crippen molar-refractivity contribution < 1.29 is 23.1 Å². The molecule has 0 aliphatic carbocycles. The second-order valence-corrected chi connectivity index (χ2v) is 4.15. The number of carbonyl (C=O) groups is 1. The molecule has 100 valence electrons. The highest BCUT2D eigenvalue weighted by Crippen LogP contribution is 2.22. The zero-order chi connectivity index (χ0) is 13.8. The van der Waals surface area contributed by atoms with Crippen molar-refractivity contribution in [2.75, 3.05) is 13.1 Å². The summed E-state index contributed by atoms with van der Waals surface area (Å²) < 4.78 is 31.7. The summed E-state index contributed by atoms with van der Waals surface area (Å²) in [4.78, 5) is 8.90. The van der Waals surface area contributed by atoms with Crippen LogP contribution in [0.2, 0.25) is 5.02 Å². The first kappa shape index (κ1) is 14.8. The van der Waals surface area contributed by atoms with Gasteiger partial charge in [0.15, 0.2) is 0 Å². The van der Waals surface area contributed by atoms with Crippen molar-refractivity contribution in [2.45, 2.75) is 12.1 Å². The Balaban J connectivity index is 0.000000203.